The van der Waals surface area contributed by atoms with E-state index in [-0.39, 0.29) is 17.1 Å². The molecule has 2 aromatic heterocycles. The van der Waals surface area contributed by atoms with Crippen molar-refractivity contribution in [2.45, 2.75) is 50.2 Å². The molecular weight excluding hydrogens is 444 g/mol. The Labute approximate surface area is 193 Å². The van der Waals surface area contributed by atoms with Gasteiger partial charge in [0.2, 0.25) is 5.88 Å². The van der Waals surface area contributed by atoms with Gasteiger partial charge in [-0.05, 0) is 45.0 Å². The van der Waals surface area contributed by atoms with Crippen LogP contribution in [-0.4, -0.2) is 65.0 Å². The summed E-state index contributed by atoms with van der Waals surface area (Å²) in [6.45, 7) is 6.68. The third kappa shape index (κ3) is 5.44. The van der Waals surface area contributed by atoms with Crippen molar-refractivity contribution in [2.75, 3.05) is 19.3 Å². The van der Waals surface area contributed by atoms with Crippen molar-refractivity contribution in [1.29, 1.82) is 0 Å². The maximum absolute atomic E-state index is 12.2. The highest BCUT2D eigenvalue weighted by Gasteiger charge is 2.28. The standard InChI is InChI=1S/C23H28N4O5S/c1-23(2,3)32-22(28)26-10-8-17(9-11-26)31-21-14-20(24-15-25-21)27-12-7-16-13-18(33(4,29)30)5-6-19(16)27/h5-7,12-15,17H,8-11H2,1-4H3. The summed E-state index contributed by atoms with van der Waals surface area (Å²) in [6.07, 6.45) is 5.46. The summed E-state index contributed by atoms with van der Waals surface area (Å²) in [5.74, 6) is 1.07. The summed E-state index contributed by atoms with van der Waals surface area (Å²) >= 11 is 0. The van der Waals surface area contributed by atoms with Crippen molar-refractivity contribution < 1.29 is 22.7 Å². The molecule has 0 atom stereocenters. The molecule has 0 radical (unpaired) electrons. The van der Waals surface area contributed by atoms with Gasteiger partial charge >= 0.3 is 6.09 Å². The number of benzene rings is 1. The maximum atomic E-state index is 12.2. The molecule has 0 saturated carbocycles. The normalized spacial score (nSPS) is 15.6. The summed E-state index contributed by atoms with van der Waals surface area (Å²) < 4.78 is 37.0. The van der Waals surface area contributed by atoms with Gasteiger partial charge in [-0.1, -0.05) is 0 Å². The monoisotopic (exact) mass is 472 g/mol. The summed E-state index contributed by atoms with van der Waals surface area (Å²) in [4.78, 5) is 22.8. The minimum atomic E-state index is -3.28. The minimum Gasteiger partial charge on any atom is -0.474 e. The number of nitrogens with zero attached hydrogens (tertiary/aromatic N) is 4. The Morgan fingerprint density at radius 2 is 1.82 bits per heavy atom. The summed E-state index contributed by atoms with van der Waals surface area (Å²) in [6, 6.07) is 8.60. The number of fused-ring (bicyclic) bond motifs is 1. The summed E-state index contributed by atoms with van der Waals surface area (Å²) in [5, 5.41) is 0.800. The molecule has 0 spiro atoms. The maximum Gasteiger partial charge on any atom is 0.410 e. The van der Waals surface area contributed by atoms with Crippen molar-refractivity contribution in [3.05, 3.63) is 42.9 Å². The van der Waals surface area contributed by atoms with Gasteiger partial charge in [0.15, 0.2) is 9.84 Å². The molecule has 1 aromatic carbocycles. The van der Waals surface area contributed by atoms with E-state index in [1.807, 2.05) is 37.6 Å². The van der Waals surface area contributed by atoms with Gasteiger partial charge in [-0.15, -0.1) is 0 Å². The van der Waals surface area contributed by atoms with Crippen LogP contribution in [0.5, 0.6) is 5.88 Å². The van der Waals surface area contributed by atoms with E-state index in [0.29, 0.717) is 37.6 Å². The van der Waals surface area contributed by atoms with E-state index in [1.54, 1.807) is 29.2 Å². The van der Waals surface area contributed by atoms with Gasteiger partial charge in [0, 0.05) is 49.8 Å². The Balaban J connectivity index is 1.45. The third-order valence-corrected chi connectivity index (χ3v) is 6.46. The number of ether oxygens (including phenoxy) is 2. The Morgan fingerprint density at radius 3 is 2.48 bits per heavy atom. The molecular formula is C23H28N4O5S. The first-order valence-corrected chi connectivity index (χ1v) is 12.7. The van der Waals surface area contributed by atoms with Gasteiger partial charge in [0.05, 0.1) is 10.4 Å². The van der Waals surface area contributed by atoms with Crippen molar-refractivity contribution in [3.8, 4) is 11.7 Å². The van der Waals surface area contributed by atoms with Gasteiger partial charge in [-0.2, -0.15) is 0 Å². The van der Waals surface area contributed by atoms with E-state index in [9.17, 15) is 13.2 Å². The highest BCUT2D eigenvalue weighted by Crippen LogP contribution is 2.25. The van der Waals surface area contributed by atoms with Crippen LogP contribution in [-0.2, 0) is 14.6 Å². The molecule has 33 heavy (non-hydrogen) atoms. The Bertz CT molecular complexity index is 1270. The molecule has 0 bridgehead atoms. The Hall–Kier alpha value is -3.14. The number of hydrogen-bond donors (Lipinski definition) is 0. The van der Waals surface area contributed by atoms with E-state index in [1.165, 1.54) is 12.6 Å². The highest BCUT2D eigenvalue weighted by molar-refractivity contribution is 7.90. The van der Waals surface area contributed by atoms with Crippen LogP contribution in [0.25, 0.3) is 16.7 Å². The second kappa shape index (κ2) is 8.66. The van der Waals surface area contributed by atoms with Crippen molar-refractivity contribution in [2.24, 2.45) is 0 Å². The second-order valence-corrected chi connectivity index (χ2v) is 11.2. The molecule has 9 nitrogen and oxygen atoms in total. The first-order chi connectivity index (χ1) is 15.5. The van der Waals surface area contributed by atoms with E-state index < -0.39 is 15.4 Å². The smallest absolute Gasteiger partial charge is 0.410 e. The van der Waals surface area contributed by atoms with Crippen LogP contribution in [0.3, 0.4) is 0 Å². The highest BCUT2D eigenvalue weighted by atomic mass is 32.2. The van der Waals surface area contributed by atoms with Gasteiger partial charge in [0.1, 0.15) is 23.9 Å². The van der Waals surface area contributed by atoms with Gasteiger partial charge < -0.3 is 18.9 Å². The molecule has 3 heterocycles. The Morgan fingerprint density at radius 1 is 1.09 bits per heavy atom. The SMILES string of the molecule is CC(C)(C)OC(=O)N1CCC(Oc2cc(-n3ccc4cc(S(C)(=O)=O)ccc43)ncn2)CC1. The number of carbonyl (C=O) groups is 1. The van der Waals surface area contributed by atoms with E-state index in [4.69, 9.17) is 9.47 Å². The Kier molecular flexibility index (Phi) is 6.04. The first-order valence-electron chi connectivity index (χ1n) is 10.8. The minimum absolute atomic E-state index is 0.0647. The van der Waals surface area contributed by atoms with Crippen molar-refractivity contribution in [1.82, 2.24) is 19.4 Å². The van der Waals surface area contributed by atoms with Crippen LogP contribution in [0.2, 0.25) is 0 Å². The van der Waals surface area contributed by atoms with Gasteiger partial charge in [-0.25, -0.2) is 23.2 Å². The lowest BCUT2D eigenvalue weighted by Gasteiger charge is -2.33. The van der Waals surface area contributed by atoms with Crippen LogP contribution >= 0.6 is 0 Å². The molecule has 1 aliphatic heterocycles. The number of rotatable bonds is 4. The van der Waals surface area contributed by atoms with E-state index in [2.05, 4.69) is 9.97 Å². The zero-order valence-electron chi connectivity index (χ0n) is 19.2. The molecule has 1 saturated heterocycles. The molecule has 3 aromatic rings. The lowest BCUT2D eigenvalue weighted by Crippen LogP contribution is -2.44. The van der Waals surface area contributed by atoms with Crippen LogP contribution in [0, 0.1) is 0 Å². The largest absolute Gasteiger partial charge is 0.474 e. The molecule has 1 aliphatic rings. The molecule has 10 heteroatoms. The van der Waals surface area contributed by atoms with Crippen LogP contribution in [0.15, 0.2) is 47.8 Å². The molecule has 0 N–H and O–H groups in total. The quantitative estimate of drug-likeness (QED) is 0.571. The lowest BCUT2D eigenvalue weighted by molar-refractivity contribution is 0.0123. The fourth-order valence-electron chi connectivity index (χ4n) is 3.73. The zero-order valence-corrected chi connectivity index (χ0v) is 20.0. The predicted molar refractivity (Wildman–Crippen MR) is 123 cm³/mol. The number of sulfone groups is 1. The molecule has 1 fully saturated rings. The first kappa shape index (κ1) is 23.0. The van der Waals surface area contributed by atoms with Gasteiger partial charge in [-0.3, -0.25) is 0 Å². The second-order valence-electron chi connectivity index (χ2n) is 9.18. The zero-order chi connectivity index (χ0) is 23.8. The fourth-order valence-corrected chi connectivity index (χ4v) is 4.39. The van der Waals surface area contributed by atoms with Crippen LogP contribution in [0.4, 0.5) is 4.79 Å². The summed E-state index contributed by atoms with van der Waals surface area (Å²) in [7, 11) is -3.28. The van der Waals surface area contributed by atoms with Gasteiger partial charge in [0.25, 0.3) is 0 Å². The average molecular weight is 473 g/mol. The molecule has 0 aliphatic carbocycles. The number of likely N-dealkylation sites (tertiary alicyclic amines) is 1. The number of piperidine rings is 1. The van der Waals surface area contributed by atoms with E-state index in [0.717, 1.165) is 10.9 Å². The van der Waals surface area contributed by atoms with Crippen LogP contribution in [0.1, 0.15) is 33.6 Å². The number of aromatic nitrogens is 3. The van der Waals surface area contributed by atoms with Crippen molar-refractivity contribution >= 4 is 26.8 Å². The number of carbonyl (C=O) groups excluding carboxylic acids is 1. The average Bonchev–Trinajstić information content (AvgIpc) is 3.16. The van der Waals surface area contributed by atoms with Crippen molar-refractivity contribution in [3.63, 3.8) is 0 Å². The predicted octanol–water partition coefficient (Wildman–Crippen LogP) is 3.60. The molecule has 0 unspecified atom stereocenters. The van der Waals surface area contributed by atoms with E-state index >= 15 is 0 Å². The molecule has 1 amide bonds. The van der Waals surface area contributed by atoms with Crippen LogP contribution < -0.4 is 4.74 Å². The third-order valence-electron chi connectivity index (χ3n) is 5.35. The molecule has 4 rings (SSSR count). The number of amides is 1. The summed E-state index contributed by atoms with van der Waals surface area (Å²) in [5.41, 5.74) is 0.314. The number of hydrogen-bond acceptors (Lipinski definition) is 7. The lowest BCUT2D eigenvalue weighted by atomic mass is 10.1. The topological polar surface area (TPSA) is 104 Å². The molecule has 176 valence electrons. The fraction of sp³-hybridized carbons (Fsp3) is 0.435.